The largest absolute Gasteiger partial charge is 0.306 e. The van der Waals surface area contributed by atoms with E-state index < -0.39 is 10.8 Å². The topological polar surface area (TPSA) is 85.1 Å². The summed E-state index contributed by atoms with van der Waals surface area (Å²) in [6, 6.07) is 7.91. The summed E-state index contributed by atoms with van der Waals surface area (Å²) in [5.41, 5.74) is 0.759. The van der Waals surface area contributed by atoms with Crippen molar-refractivity contribution in [2.75, 3.05) is 11.6 Å². The van der Waals surface area contributed by atoms with E-state index in [4.69, 9.17) is 0 Å². The molecule has 0 bridgehead atoms. The summed E-state index contributed by atoms with van der Waals surface area (Å²) in [5, 5.41) is 13.6. The van der Waals surface area contributed by atoms with Crippen LogP contribution in [0.1, 0.15) is 15.9 Å². The van der Waals surface area contributed by atoms with Gasteiger partial charge in [0.1, 0.15) is 11.4 Å². The molecule has 1 N–H and O–H groups in total. The van der Waals surface area contributed by atoms with E-state index in [1.54, 1.807) is 24.4 Å². The molecule has 0 spiro atoms. The van der Waals surface area contributed by atoms with Gasteiger partial charge in [-0.15, -0.1) is 11.8 Å². The molecule has 21 heavy (non-hydrogen) atoms. The second-order valence-electron chi connectivity index (χ2n) is 4.32. The number of amides is 1. The molecule has 0 atom stereocenters. The van der Waals surface area contributed by atoms with E-state index in [0.29, 0.717) is 5.82 Å². The Balaban J connectivity index is 2.33. The van der Waals surface area contributed by atoms with Gasteiger partial charge in [0.2, 0.25) is 0 Å². The molecule has 1 aromatic heterocycles. The molecule has 0 fully saturated rings. The SMILES string of the molecule is CSc1ccc([N+](=O)[O-])c(C(=O)Nc2ccc(C)cn2)c1. The number of rotatable bonds is 4. The van der Waals surface area contributed by atoms with Gasteiger partial charge in [0.15, 0.2) is 0 Å². The standard InChI is InChI=1S/C14H13N3O3S/c1-9-3-6-13(15-8-9)16-14(18)11-7-10(21-2)4-5-12(11)17(19)20/h3-8H,1-2H3,(H,15,16,18). The molecule has 1 aromatic carbocycles. The number of aryl methyl sites for hydroxylation is 1. The van der Waals surface area contributed by atoms with Crippen molar-refractivity contribution in [3.63, 3.8) is 0 Å². The highest BCUT2D eigenvalue weighted by Crippen LogP contribution is 2.25. The number of nitrogens with one attached hydrogen (secondary N) is 1. The molecule has 2 aromatic rings. The zero-order chi connectivity index (χ0) is 15.4. The second kappa shape index (κ2) is 6.36. The molecule has 0 saturated heterocycles. The maximum atomic E-state index is 12.2. The Bertz CT molecular complexity index is 686. The van der Waals surface area contributed by atoms with Crippen LogP contribution in [-0.2, 0) is 0 Å². The lowest BCUT2D eigenvalue weighted by Crippen LogP contribution is -2.15. The number of aromatic nitrogens is 1. The van der Waals surface area contributed by atoms with Crippen molar-refractivity contribution >= 4 is 29.2 Å². The molecule has 2 rings (SSSR count). The fraction of sp³-hybridized carbons (Fsp3) is 0.143. The molecule has 1 heterocycles. The van der Waals surface area contributed by atoms with Crippen molar-refractivity contribution in [3.8, 4) is 0 Å². The molecule has 0 unspecified atom stereocenters. The van der Waals surface area contributed by atoms with Crippen molar-refractivity contribution in [2.45, 2.75) is 11.8 Å². The lowest BCUT2D eigenvalue weighted by Gasteiger charge is -2.06. The third kappa shape index (κ3) is 3.57. The van der Waals surface area contributed by atoms with Crippen LogP contribution in [-0.4, -0.2) is 22.1 Å². The van der Waals surface area contributed by atoms with Crippen molar-refractivity contribution in [1.82, 2.24) is 4.98 Å². The molecular weight excluding hydrogens is 290 g/mol. The van der Waals surface area contributed by atoms with E-state index in [2.05, 4.69) is 10.3 Å². The maximum Gasteiger partial charge on any atom is 0.282 e. The second-order valence-corrected chi connectivity index (χ2v) is 5.19. The minimum absolute atomic E-state index is 0.0224. The van der Waals surface area contributed by atoms with Crippen molar-refractivity contribution in [2.24, 2.45) is 0 Å². The van der Waals surface area contributed by atoms with E-state index in [1.165, 1.54) is 23.9 Å². The van der Waals surface area contributed by atoms with Gasteiger partial charge in [-0.2, -0.15) is 0 Å². The van der Waals surface area contributed by atoms with Crippen LogP contribution in [0.25, 0.3) is 0 Å². The van der Waals surface area contributed by atoms with Gasteiger partial charge in [-0.05, 0) is 36.9 Å². The van der Waals surface area contributed by atoms with Gasteiger partial charge >= 0.3 is 0 Å². The smallest absolute Gasteiger partial charge is 0.282 e. The number of nitro benzene ring substituents is 1. The first-order valence-corrected chi connectivity index (χ1v) is 7.30. The van der Waals surface area contributed by atoms with Crippen molar-refractivity contribution in [1.29, 1.82) is 0 Å². The Labute approximate surface area is 125 Å². The molecular formula is C14H13N3O3S. The lowest BCUT2D eigenvalue weighted by molar-refractivity contribution is -0.385. The Kier molecular flexibility index (Phi) is 4.54. The predicted octanol–water partition coefficient (Wildman–Crippen LogP) is 3.27. The first-order valence-electron chi connectivity index (χ1n) is 6.07. The minimum atomic E-state index is -0.568. The van der Waals surface area contributed by atoms with E-state index in [1.807, 2.05) is 13.2 Å². The van der Waals surface area contributed by atoms with Gasteiger partial charge in [-0.3, -0.25) is 14.9 Å². The van der Waals surface area contributed by atoms with E-state index >= 15 is 0 Å². The third-order valence-corrected chi connectivity index (χ3v) is 3.52. The van der Waals surface area contributed by atoms with E-state index in [0.717, 1.165) is 10.5 Å². The lowest BCUT2D eigenvalue weighted by atomic mass is 10.1. The number of benzene rings is 1. The summed E-state index contributed by atoms with van der Waals surface area (Å²) in [6.45, 7) is 1.88. The number of carbonyl (C=O) groups excluding carboxylic acids is 1. The van der Waals surface area contributed by atoms with Crippen LogP contribution < -0.4 is 5.32 Å². The highest BCUT2D eigenvalue weighted by molar-refractivity contribution is 7.98. The molecule has 0 radical (unpaired) electrons. The van der Waals surface area contributed by atoms with Crippen molar-refractivity contribution < 1.29 is 9.72 Å². The summed E-state index contributed by atoms with van der Waals surface area (Å²) in [6.07, 6.45) is 3.45. The van der Waals surface area contributed by atoms with Crippen molar-refractivity contribution in [3.05, 3.63) is 57.8 Å². The molecule has 6 nitrogen and oxygen atoms in total. The number of anilines is 1. The molecule has 0 saturated carbocycles. The monoisotopic (exact) mass is 303 g/mol. The van der Waals surface area contributed by atoms with Gasteiger partial charge in [-0.1, -0.05) is 6.07 Å². The van der Waals surface area contributed by atoms with Crippen LogP contribution in [0.5, 0.6) is 0 Å². The van der Waals surface area contributed by atoms with Gasteiger partial charge in [0.25, 0.3) is 11.6 Å². The first kappa shape index (κ1) is 15.0. The van der Waals surface area contributed by atoms with Gasteiger partial charge in [-0.25, -0.2) is 4.98 Å². The first-order chi connectivity index (χ1) is 10.0. The third-order valence-electron chi connectivity index (χ3n) is 2.80. The fourth-order valence-corrected chi connectivity index (χ4v) is 2.15. The van der Waals surface area contributed by atoms with Crippen LogP contribution in [0.15, 0.2) is 41.4 Å². The number of nitrogens with zero attached hydrogens (tertiary/aromatic N) is 2. The number of pyridine rings is 1. The maximum absolute atomic E-state index is 12.2. The zero-order valence-corrected chi connectivity index (χ0v) is 12.3. The highest BCUT2D eigenvalue weighted by atomic mass is 32.2. The Morgan fingerprint density at radius 1 is 1.33 bits per heavy atom. The number of hydrogen-bond donors (Lipinski definition) is 1. The summed E-state index contributed by atoms with van der Waals surface area (Å²) in [7, 11) is 0. The normalized spacial score (nSPS) is 10.2. The van der Waals surface area contributed by atoms with Gasteiger partial charge in [0, 0.05) is 17.2 Å². The molecule has 0 aliphatic heterocycles. The number of nitro groups is 1. The van der Waals surface area contributed by atoms with Crippen LogP contribution >= 0.6 is 11.8 Å². The quantitative estimate of drug-likeness (QED) is 0.532. The van der Waals surface area contributed by atoms with Gasteiger partial charge < -0.3 is 5.32 Å². The average Bonchev–Trinajstić information content (AvgIpc) is 2.48. The summed E-state index contributed by atoms with van der Waals surface area (Å²) in [5.74, 6) is -0.191. The Morgan fingerprint density at radius 2 is 2.10 bits per heavy atom. The van der Waals surface area contributed by atoms with E-state index in [9.17, 15) is 14.9 Å². The zero-order valence-electron chi connectivity index (χ0n) is 11.5. The molecule has 1 amide bonds. The summed E-state index contributed by atoms with van der Waals surface area (Å²) >= 11 is 1.41. The van der Waals surface area contributed by atoms with Crippen LogP contribution in [0.2, 0.25) is 0 Å². The van der Waals surface area contributed by atoms with E-state index in [-0.39, 0.29) is 11.3 Å². The Hall–Kier alpha value is -2.41. The average molecular weight is 303 g/mol. The molecule has 108 valence electrons. The molecule has 7 heteroatoms. The molecule has 0 aliphatic carbocycles. The molecule has 0 aliphatic rings. The summed E-state index contributed by atoms with van der Waals surface area (Å²) in [4.78, 5) is 27.5. The Morgan fingerprint density at radius 3 is 2.67 bits per heavy atom. The summed E-state index contributed by atoms with van der Waals surface area (Å²) < 4.78 is 0. The minimum Gasteiger partial charge on any atom is -0.306 e. The van der Waals surface area contributed by atoms with Crippen LogP contribution in [0, 0.1) is 17.0 Å². The number of hydrogen-bond acceptors (Lipinski definition) is 5. The number of carbonyl (C=O) groups is 1. The van der Waals surface area contributed by atoms with Crippen LogP contribution in [0.3, 0.4) is 0 Å². The van der Waals surface area contributed by atoms with Crippen LogP contribution in [0.4, 0.5) is 11.5 Å². The van der Waals surface area contributed by atoms with Gasteiger partial charge in [0.05, 0.1) is 4.92 Å². The fourth-order valence-electron chi connectivity index (χ4n) is 1.71. The highest BCUT2D eigenvalue weighted by Gasteiger charge is 2.21. The number of thioether (sulfide) groups is 1. The predicted molar refractivity (Wildman–Crippen MR) is 81.8 cm³/mol.